The lowest BCUT2D eigenvalue weighted by atomic mass is 10.0. The number of nitrogens with one attached hydrogen (secondary N) is 2. The second kappa shape index (κ2) is 9.40. The predicted molar refractivity (Wildman–Crippen MR) is 135 cm³/mol. The van der Waals surface area contributed by atoms with Gasteiger partial charge in [-0.15, -0.1) is 10.6 Å². The first-order valence-electron chi connectivity index (χ1n) is 11.0. The fourth-order valence-electron chi connectivity index (χ4n) is 3.47. The molecule has 4 rings (SSSR count). The predicted octanol–water partition coefficient (Wildman–Crippen LogP) is 4.02. The first-order chi connectivity index (χ1) is 16.1. The van der Waals surface area contributed by atoms with Crippen LogP contribution < -0.4 is 16.1 Å². The normalized spacial score (nSPS) is 14.0. The molecule has 0 saturated heterocycles. The number of carbonyl (C=O) groups excluding carboxylic acids is 1. The van der Waals surface area contributed by atoms with E-state index in [9.17, 15) is 13.2 Å². The van der Waals surface area contributed by atoms with Gasteiger partial charge >= 0.3 is 0 Å². The van der Waals surface area contributed by atoms with Crippen LogP contribution in [0.5, 0.6) is 0 Å². The molecule has 0 saturated carbocycles. The lowest BCUT2D eigenvalue weighted by Gasteiger charge is -2.19. The van der Waals surface area contributed by atoms with Crippen molar-refractivity contribution >= 4 is 27.1 Å². The number of hydrogen-bond donors (Lipinski definition) is 2. The van der Waals surface area contributed by atoms with E-state index in [1.54, 1.807) is 45.0 Å². The van der Waals surface area contributed by atoms with Crippen molar-refractivity contribution in [3.05, 3.63) is 101 Å². The number of hydrogen-bond acceptors (Lipinski definition) is 7. The Labute approximate surface area is 200 Å². The van der Waals surface area contributed by atoms with Crippen LogP contribution in [0.15, 0.2) is 84.0 Å². The van der Waals surface area contributed by atoms with Crippen molar-refractivity contribution < 1.29 is 13.2 Å². The largest absolute Gasteiger partial charge is 0.294 e. The Bertz CT molecular complexity index is 1290. The van der Waals surface area contributed by atoms with E-state index in [1.807, 2.05) is 59.6 Å². The molecule has 0 aromatic heterocycles. The van der Waals surface area contributed by atoms with Gasteiger partial charge in [0.05, 0.1) is 16.2 Å². The molecule has 34 heavy (non-hydrogen) atoms. The Balaban J connectivity index is 1.41. The summed E-state index contributed by atoms with van der Waals surface area (Å²) in [6.45, 7) is 5.07. The first kappa shape index (κ1) is 23.7. The highest BCUT2D eigenvalue weighted by Crippen LogP contribution is 2.21. The summed E-state index contributed by atoms with van der Waals surface area (Å²) in [4.78, 5) is 12.8. The zero-order chi connectivity index (χ0) is 24.3. The van der Waals surface area contributed by atoms with Gasteiger partial charge in [0.1, 0.15) is 0 Å². The lowest BCUT2D eigenvalue weighted by Crippen LogP contribution is -2.41. The Kier molecular flexibility index (Phi) is 6.54. The number of sulfone groups is 1. The smallest absolute Gasteiger partial charge is 0.177 e. The molecule has 3 aromatic carbocycles. The van der Waals surface area contributed by atoms with Gasteiger partial charge in [-0.05, 0) is 44.0 Å². The van der Waals surface area contributed by atoms with E-state index in [-0.39, 0.29) is 18.0 Å². The van der Waals surface area contributed by atoms with E-state index in [0.717, 1.165) is 22.6 Å². The summed E-state index contributed by atoms with van der Waals surface area (Å²) >= 11 is 0. The highest BCUT2D eigenvalue weighted by molar-refractivity contribution is 7.91. The molecule has 0 bridgehead atoms. The average Bonchev–Trinajstić information content (AvgIpc) is 3.30. The molecule has 1 heterocycles. The highest BCUT2D eigenvalue weighted by Gasteiger charge is 2.29. The molecule has 8 heteroatoms. The van der Waals surface area contributed by atoms with Gasteiger partial charge < -0.3 is 0 Å². The monoisotopic (exact) mass is 476 g/mol. The van der Waals surface area contributed by atoms with E-state index in [1.165, 1.54) is 0 Å². The second-order valence-corrected chi connectivity index (χ2v) is 11.9. The zero-order valence-corrected chi connectivity index (χ0v) is 20.3. The molecule has 1 aliphatic heterocycles. The summed E-state index contributed by atoms with van der Waals surface area (Å²) in [5.41, 5.74) is 9.77. The Morgan fingerprint density at radius 3 is 2.12 bits per heavy atom. The maximum atomic E-state index is 12.8. The zero-order valence-electron chi connectivity index (χ0n) is 19.4. The summed E-state index contributed by atoms with van der Waals surface area (Å²) in [6, 6.07) is 24.4. The third-order valence-corrected chi connectivity index (χ3v) is 8.27. The van der Waals surface area contributed by atoms with Gasteiger partial charge in [-0.1, -0.05) is 66.7 Å². The molecular weight excluding hydrogens is 448 g/mol. The summed E-state index contributed by atoms with van der Waals surface area (Å²) in [5, 5.41) is 6.17. The number of Topliss-reactive ketones (excluding diaryl/α,β-unsaturated/α-hetero) is 1. The standard InChI is InChI=1S/C26H28N4O3S/c1-26(2,3)34(32,33)18-20-11-13-21(14-12-20)24(31)17-19-9-15-22(16-10-19)25-27-28-29-30(25)23-7-5-4-6-8-23/h4-16,28-29H,17-18H2,1-3H3. The topological polar surface area (TPSA) is 90.9 Å². The Morgan fingerprint density at radius 1 is 0.882 bits per heavy atom. The van der Waals surface area contributed by atoms with Gasteiger partial charge in [-0.3, -0.25) is 4.79 Å². The van der Waals surface area contributed by atoms with Crippen LogP contribution in [0.1, 0.15) is 47.8 Å². The van der Waals surface area contributed by atoms with E-state index >= 15 is 0 Å². The number of ketones is 1. The van der Waals surface area contributed by atoms with Gasteiger partial charge in [0.2, 0.25) is 0 Å². The number of amidine groups is 1. The summed E-state index contributed by atoms with van der Waals surface area (Å²) in [5.74, 6) is 0.662. The fourth-order valence-corrected chi connectivity index (χ4v) is 4.53. The number of rotatable bonds is 7. The van der Waals surface area contributed by atoms with Gasteiger partial charge in [0.15, 0.2) is 21.5 Å². The minimum atomic E-state index is -3.27. The molecule has 0 atom stereocenters. The van der Waals surface area contributed by atoms with Crippen LogP contribution >= 0.6 is 0 Å². The van der Waals surface area contributed by atoms with Crippen molar-refractivity contribution in [3.8, 4) is 0 Å². The van der Waals surface area contributed by atoms with Crippen LogP contribution in [0.2, 0.25) is 0 Å². The molecule has 0 fully saturated rings. The number of hydrazone groups is 1. The van der Waals surface area contributed by atoms with Crippen molar-refractivity contribution in [2.24, 2.45) is 5.10 Å². The number of para-hydroxylation sites is 1. The molecule has 0 unspecified atom stereocenters. The average molecular weight is 477 g/mol. The van der Waals surface area contributed by atoms with Crippen molar-refractivity contribution in [1.29, 1.82) is 0 Å². The number of hydrazine groups is 2. The van der Waals surface area contributed by atoms with Gasteiger partial charge in [-0.2, -0.15) is 0 Å². The Morgan fingerprint density at radius 2 is 1.50 bits per heavy atom. The third kappa shape index (κ3) is 5.18. The molecule has 0 aliphatic carbocycles. The van der Waals surface area contributed by atoms with Gasteiger partial charge in [0, 0.05) is 17.5 Å². The van der Waals surface area contributed by atoms with E-state index in [2.05, 4.69) is 16.2 Å². The van der Waals surface area contributed by atoms with Crippen LogP contribution in [0.4, 0.5) is 5.69 Å². The minimum Gasteiger partial charge on any atom is -0.294 e. The maximum Gasteiger partial charge on any atom is 0.177 e. The lowest BCUT2D eigenvalue weighted by molar-refractivity contribution is 0.0993. The molecule has 0 amide bonds. The molecule has 176 valence electrons. The SMILES string of the molecule is CC(C)(C)S(=O)(=O)Cc1ccc(C(=O)Cc2ccc(C3=NNNN3c3ccccc3)cc2)cc1. The summed E-state index contributed by atoms with van der Waals surface area (Å²) in [7, 11) is -3.27. The molecular formula is C26H28N4O3S. The van der Waals surface area contributed by atoms with Gasteiger partial charge in [-0.25, -0.2) is 19.0 Å². The number of benzene rings is 3. The van der Waals surface area contributed by atoms with Crippen molar-refractivity contribution in [1.82, 2.24) is 11.1 Å². The molecule has 2 N–H and O–H groups in total. The summed E-state index contributed by atoms with van der Waals surface area (Å²) in [6.07, 6.45) is 0.255. The first-order valence-corrected chi connectivity index (χ1v) is 12.7. The molecule has 7 nitrogen and oxygen atoms in total. The number of carbonyl (C=O) groups is 1. The second-order valence-electron chi connectivity index (χ2n) is 9.20. The van der Waals surface area contributed by atoms with Crippen molar-refractivity contribution in [3.63, 3.8) is 0 Å². The van der Waals surface area contributed by atoms with Gasteiger partial charge in [0.25, 0.3) is 0 Å². The molecule has 1 aliphatic rings. The number of anilines is 1. The van der Waals surface area contributed by atoms with Crippen LogP contribution in [0.25, 0.3) is 0 Å². The summed E-state index contributed by atoms with van der Waals surface area (Å²) < 4.78 is 24.0. The van der Waals surface area contributed by atoms with Crippen LogP contribution in [0, 0.1) is 0 Å². The van der Waals surface area contributed by atoms with E-state index < -0.39 is 14.6 Å². The van der Waals surface area contributed by atoms with Crippen LogP contribution in [0.3, 0.4) is 0 Å². The van der Waals surface area contributed by atoms with E-state index in [0.29, 0.717) is 11.1 Å². The van der Waals surface area contributed by atoms with Crippen molar-refractivity contribution in [2.75, 3.05) is 5.01 Å². The maximum absolute atomic E-state index is 12.8. The highest BCUT2D eigenvalue weighted by atomic mass is 32.2. The minimum absolute atomic E-state index is 0.0227. The van der Waals surface area contributed by atoms with E-state index in [4.69, 9.17) is 0 Å². The molecule has 3 aromatic rings. The molecule has 0 spiro atoms. The number of nitrogens with zero attached hydrogens (tertiary/aromatic N) is 2. The third-order valence-electron chi connectivity index (χ3n) is 5.69. The van der Waals surface area contributed by atoms with Crippen LogP contribution in [-0.2, 0) is 22.0 Å². The quantitative estimate of drug-likeness (QED) is 0.501. The van der Waals surface area contributed by atoms with Crippen molar-refractivity contribution in [2.45, 2.75) is 37.7 Å². The molecule has 0 radical (unpaired) electrons. The Hall–Kier alpha value is -3.49. The fraction of sp³-hybridized carbons (Fsp3) is 0.231. The van der Waals surface area contributed by atoms with Crippen LogP contribution in [-0.4, -0.2) is 24.8 Å².